The van der Waals surface area contributed by atoms with Crippen LogP contribution in [0.25, 0.3) is 10.4 Å². The summed E-state index contributed by atoms with van der Waals surface area (Å²) < 4.78 is 20.5. The Kier molecular flexibility index (Phi) is 7.41. The first-order valence-corrected chi connectivity index (χ1v) is 15.4. The van der Waals surface area contributed by atoms with Crippen molar-refractivity contribution in [3.63, 3.8) is 0 Å². The van der Waals surface area contributed by atoms with Gasteiger partial charge in [-0.3, -0.25) is 0 Å². The largest absolute Gasteiger partial charge is 0.491 e. The minimum absolute atomic E-state index is 0.193. The van der Waals surface area contributed by atoms with Crippen molar-refractivity contribution in [1.82, 2.24) is 19.7 Å². The van der Waals surface area contributed by atoms with Crippen LogP contribution in [0.3, 0.4) is 0 Å². The second-order valence-corrected chi connectivity index (χ2v) is 12.0. The van der Waals surface area contributed by atoms with E-state index in [1.54, 1.807) is 33.7 Å². The van der Waals surface area contributed by atoms with Crippen LogP contribution in [0.5, 0.6) is 5.75 Å². The quantitative estimate of drug-likeness (QED) is 0.235. The Hall–Kier alpha value is -3.77. The fourth-order valence-electron chi connectivity index (χ4n) is 5.21. The van der Waals surface area contributed by atoms with Gasteiger partial charge in [-0.25, -0.2) is 14.6 Å². The first-order chi connectivity index (χ1) is 20.2. The number of benzene rings is 2. The van der Waals surface area contributed by atoms with E-state index in [-0.39, 0.29) is 6.10 Å². The molecule has 2 aliphatic rings. The van der Waals surface area contributed by atoms with Crippen molar-refractivity contribution in [2.75, 3.05) is 49.2 Å². The van der Waals surface area contributed by atoms with Crippen molar-refractivity contribution < 1.29 is 14.2 Å². The molecule has 5 heterocycles. The van der Waals surface area contributed by atoms with E-state index < -0.39 is 5.79 Å². The van der Waals surface area contributed by atoms with Gasteiger partial charge >= 0.3 is 0 Å². The van der Waals surface area contributed by atoms with Crippen molar-refractivity contribution in [3.05, 3.63) is 95.8 Å². The Morgan fingerprint density at radius 2 is 1.78 bits per heavy atom. The Bertz CT molecular complexity index is 1520. The van der Waals surface area contributed by atoms with Gasteiger partial charge in [0.25, 0.3) is 0 Å². The topological polar surface area (TPSA) is 77.8 Å². The van der Waals surface area contributed by atoms with E-state index >= 15 is 0 Å². The summed E-state index contributed by atoms with van der Waals surface area (Å²) in [4.78, 5) is 15.8. The molecule has 41 heavy (non-hydrogen) atoms. The standard InChI is InChI=1S/C30H30N6O3S2/c1-2-5-23(6-3-1)27-17-32-29(41-27)35-14-12-34(13-15-35)24-8-10-25(11-9-24)37-18-26-19-38-30(39-26,28-7-4-16-40-28)20-36-22-31-21-33-36/h1-11,16-17,21-22,26H,12-15,18-20H2. The molecule has 0 spiro atoms. The summed E-state index contributed by atoms with van der Waals surface area (Å²) in [5.41, 5.74) is 2.42. The van der Waals surface area contributed by atoms with Gasteiger partial charge < -0.3 is 24.0 Å². The lowest BCUT2D eigenvalue weighted by atomic mass is 10.2. The Balaban J connectivity index is 0.919. The number of ether oxygens (including phenoxy) is 3. The molecule has 0 radical (unpaired) electrons. The molecule has 5 aromatic rings. The second-order valence-electron chi connectivity index (χ2n) is 10.0. The highest BCUT2D eigenvalue weighted by Gasteiger charge is 2.45. The van der Waals surface area contributed by atoms with Gasteiger partial charge in [0.1, 0.15) is 37.7 Å². The van der Waals surface area contributed by atoms with E-state index in [1.807, 2.05) is 41.9 Å². The SMILES string of the molecule is c1ccc(-c2cnc(N3CCN(c4ccc(OCC5COC(Cn6cncn6)(c6cccs6)O5)cc4)CC3)s2)cc1. The Morgan fingerprint density at radius 3 is 2.54 bits per heavy atom. The van der Waals surface area contributed by atoms with E-state index in [4.69, 9.17) is 19.2 Å². The summed E-state index contributed by atoms with van der Waals surface area (Å²) in [6.45, 7) is 5.07. The van der Waals surface area contributed by atoms with Gasteiger partial charge in [-0.1, -0.05) is 47.7 Å². The van der Waals surface area contributed by atoms with Gasteiger partial charge in [0.2, 0.25) is 5.79 Å². The van der Waals surface area contributed by atoms with Gasteiger partial charge in [0, 0.05) is 38.1 Å². The highest BCUT2D eigenvalue weighted by molar-refractivity contribution is 7.18. The predicted octanol–water partition coefficient (Wildman–Crippen LogP) is 5.14. The monoisotopic (exact) mass is 586 g/mol. The van der Waals surface area contributed by atoms with E-state index in [2.05, 4.69) is 56.3 Å². The van der Waals surface area contributed by atoms with Crippen LogP contribution in [0.2, 0.25) is 0 Å². The van der Waals surface area contributed by atoms with Crippen LogP contribution in [0.1, 0.15) is 4.88 Å². The molecule has 2 aromatic carbocycles. The van der Waals surface area contributed by atoms with Crippen LogP contribution >= 0.6 is 22.7 Å². The molecule has 11 heteroatoms. The van der Waals surface area contributed by atoms with Gasteiger partial charge in [-0.05, 0) is 41.3 Å². The minimum Gasteiger partial charge on any atom is -0.491 e. The second kappa shape index (κ2) is 11.6. The fraction of sp³-hybridized carbons (Fsp3) is 0.300. The highest BCUT2D eigenvalue weighted by Crippen LogP contribution is 2.38. The molecule has 2 saturated heterocycles. The molecule has 2 fully saturated rings. The third-order valence-corrected chi connectivity index (χ3v) is 9.43. The molecule has 2 aliphatic heterocycles. The molecule has 0 N–H and O–H groups in total. The maximum Gasteiger partial charge on any atom is 0.225 e. The molecule has 210 valence electrons. The van der Waals surface area contributed by atoms with Gasteiger partial charge in [-0.2, -0.15) is 5.10 Å². The summed E-state index contributed by atoms with van der Waals surface area (Å²) in [6.07, 6.45) is 4.99. The number of piperazine rings is 1. The molecule has 0 bridgehead atoms. The van der Waals surface area contributed by atoms with Crippen LogP contribution < -0.4 is 14.5 Å². The van der Waals surface area contributed by atoms with Gasteiger partial charge in [-0.15, -0.1) is 11.3 Å². The van der Waals surface area contributed by atoms with E-state index in [0.29, 0.717) is 19.8 Å². The summed E-state index contributed by atoms with van der Waals surface area (Å²) >= 11 is 3.37. The van der Waals surface area contributed by atoms with Gasteiger partial charge in [0.15, 0.2) is 5.13 Å². The first kappa shape index (κ1) is 26.1. The number of rotatable bonds is 9. The molecule has 0 amide bonds. The number of thiophene rings is 1. The summed E-state index contributed by atoms with van der Waals surface area (Å²) in [6, 6.07) is 22.8. The average Bonchev–Trinajstić information content (AvgIpc) is 3.86. The number of aromatic nitrogens is 4. The lowest BCUT2D eigenvalue weighted by molar-refractivity contribution is -0.188. The zero-order valence-corrected chi connectivity index (χ0v) is 24.0. The van der Waals surface area contributed by atoms with Crippen LogP contribution in [-0.2, 0) is 21.8 Å². The third-order valence-electron chi connectivity index (χ3n) is 7.33. The number of hydrogen-bond acceptors (Lipinski definition) is 10. The molecule has 0 saturated carbocycles. The fourth-order valence-corrected chi connectivity index (χ4v) is 6.99. The van der Waals surface area contributed by atoms with Crippen LogP contribution in [0.4, 0.5) is 10.8 Å². The molecular weight excluding hydrogens is 557 g/mol. The van der Waals surface area contributed by atoms with Crippen molar-refractivity contribution in [1.29, 1.82) is 0 Å². The molecule has 2 atom stereocenters. The zero-order valence-electron chi connectivity index (χ0n) is 22.4. The van der Waals surface area contributed by atoms with Crippen LogP contribution in [0.15, 0.2) is 91.0 Å². The lowest BCUT2D eigenvalue weighted by Crippen LogP contribution is -2.46. The maximum absolute atomic E-state index is 6.44. The van der Waals surface area contributed by atoms with Crippen molar-refractivity contribution >= 4 is 33.5 Å². The maximum atomic E-state index is 6.44. The molecule has 2 unspecified atom stereocenters. The van der Waals surface area contributed by atoms with E-state index in [1.165, 1.54) is 22.5 Å². The van der Waals surface area contributed by atoms with Crippen molar-refractivity contribution in [3.8, 4) is 16.2 Å². The summed E-state index contributed by atoms with van der Waals surface area (Å²) in [5.74, 6) is -0.0685. The van der Waals surface area contributed by atoms with E-state index in [9.17, 15) is 0 Å². The number of nitrogens with zero attached hydrogens (tertiary/aromatic N) is 6. The Labute approximate surface area is 246 Å². The number of anilines is 2. The predicted molar refractivity (Wildman–Crippen MR) is 161 cm³/mol. The summed E-state index contributed by atoms with van der Waals surface area (Å²) in [7, 11) is 0. The average molecular weight is 587 g/mol. The van der Waals surface area contributed by atoms with Crippen LogP contribution in [0, 0.1) is 0 Å². The normalized spacial score (nSPS) is 20.9. The molecule has 3 aromatic heterocycles. The Morgan fingerprint density at radius 1 is 0.951 bits per heavy atom. The summed E-state index contributed by atoms with van der Waals surface area (Å²) in [5, 5.41) is 7.36. The number of hydrogen-bond donors (Lipinski definition) is 0. The van der Waals surface area contributed by atoms with Crippen molar-refractivity contribution in [2.45, 2.75) is 18.4 Å². The van der Waals surface area contributed by atoms with E-state index in [0.717, 1.165) is 41.9 Å². The zero-order chi connectivity index (χ0) is 27.5. The molecular formula is C30H30N6O3S2. The smallest absolute Gasteiger partial charge is 0.225 e. The van der Waals surface area contributed by atoms with Crippen molar-refractivity contribution in [2.24, 2.45) is 0 Å². The van der Waals surface area contributed by atoms with Crippen LogP contribution in [-0.4, -0.2) is 65.2 Å². The first-order valence-electron chi connectivity index (χ1n) is 13.7. The van der Waals surface area contributed by atoms with Gasteiger partial charge in [0.05, 0.1) is 16.4 Å². The molecule has 0 aliphatic carbocycles. The number of thiazole rings is 1. The molecule has 7 rings (SSSR count). The minimum atomic E-state index is -0.885. The lowest BCUT2D eigenvalue weighted by Gasteiger charge is -2.36. The third kappa shape index (κ3) is 5.71. The molecule has 9 nitrogen and oxygen atoms in total. The highest BCUT2D eigenvalue weighted by atomic mass is 32.1.